The van der Waals surface area contributed by atoms with Gasteiger partial charge < -0.3 is 10.4 Å². The second-order valence-electron chi connectivity index (χ2n) is 4.91. The minimum Gasteiger partial charge on any atom is -0.390 e. The van der Waals surface area contributed by atoms with Gasteiger partial charge in [-0.3, -0.25) is 0 Å². The molecule has 14 heavy (non-hydrogen) atoms. The second kappa shape index (κ2) is 7.24. The van der Waals surface area contributed by atoms with E-state index in [1.807, 2.05) is 13.8 Å². The van der Waals surface area contributed by atoms with Crippen LogP contribution in [0.2, 0.25) is 0 Å². The molecule has 0 rings (SSSR count). The average Bonchev–Trinajstić information content (AvgIpc) is 2.02. The van der Waals surface area contributed by atoms with Crippen LogP contribution in [-0.4, -0.2) is 23.3 Å². The van der Waals surface area contributed by atoms with E-state index < -0.39 is 5.60 Å². The van der Waals surface area contributed by atoms with Crippen LogP contribution >= 0.6 is 0 Å². The van der Waals surface area contributed by atoms with Gasteiger partial charge in [0.1, 0.15) is 0 Å². The molecule has 0 spiro atoms. The summed E-state index contributed by atoms with van der Waals surface area (Å²) in [6.07, 6.45) is 6.01. The van der Waals surface area contributed by atoms with Crippen molar-refractivity contribution in [3.63, 3.8) is 0 Å². The summed E-state index contributed by atoms with van der Waals surface area (Å²) >= 11 is 0. The molecule has 0 radical (unpaired) electrons. The van der Waals surface area contributed by atoms with Crippen molar-refractivity contribution < 1.29 is 5.11 Å². The summed E-state index contributed by atoms with van der Waals surface area (Å²) in [6.45, 7) is 9.08. The molecule has 0 aromatic heterocycles. The van der Waals surface area contributed by atoms with Crippen molar-refractivity contribution in [2.75, 3.05) is 6.54 Å². The smallest absolute Gasteiger partial charge is 0.0603 e. The van der Waals surface area contributed by atoms with E-state index in [0.717, 1.165) is 13.0 Å². The highest BCUT2D eigenvalue weighted by Gasteiger charge is 2.11. The van der Waals surface area contributed by atoms with Gasteiger partial charge in [0.25, 0.3) is 0 Å². The van der Waals surface area contributed by atoms with Crippen molar-refractivity contribution in [2.45, 2.75) is 71.4 Å². The molecule has 0 aliphatic heterocycles. The molecule has 86 valence electrons. The zero-order valence-electron chi connectivity index (χ0n) is 10.3. The van der Waals surface area contributed by atoms with Crippen molar-refractivity contribution in [3.8, 4) is 0 Å². The molecular formula is C12H27NO. The quantitative estimate of drug-likeness (QED) is 0.592. The fourth-order valence-corrected chi connectivity index (χ4v) is 1.43. The SMILES string of the molecule is CCCCCC(C)NCCC(C)(C)O. The molecule has 0 aliphatic rings. The molecule has 0 aliphatic carbocycles. The van der Waals surface area contributed by atoms with Gasteiger partial charge in [0.2, 0.25) is 0 Å². The number of aliphatic hydroxyl groups is 1. The van der Waals surface area contributed by atoms with Crippen molar-refractivity contribution in [3.05, 3.63) is 0 Å². The maximum Gasteiger partial charge on any atom is 0.0603 e. The Kier molecular flexibility index (Phi) is 7.20. The zero-order valence-corrected chi connectivity index (χ0v) is 10.3. The molecule has 0 saturated heterocycles. The Morgan fingerprint density at radius 2 is 1.93 bits per heavy atom. The van der Waals surface area contributed by atoms with Gasteiger partial charge in [0.05, 0.1) is 5.60 Å². The molecule has 1 atom stereocenters. The van der Waals surface area contributed by atoms with Gasteiger partial charge >= 0.3 is 0 Å². The Morgan fingerprint density at radius 1 is 1.29 bits per heavy atom. The molecule has 0 aromatic carbocycles. The molecule has 0 heterocycles. The fourth-order valence-electron chi connectivity index (χ4n) is 1.43. The molecule has 0 bridgehead atoms. The van der Waals surface area contributed by atoms with E-state index in [2.05, 4.69) is 19.2 Å². The maximum absolute atomic E-state index is 9.50. The normalized spacial score (nSPS) is 14.4. The number of hydrogen-bond donors (Lipinski definition) is 2. The Labute approximate surface area is 89.1 Å². The van der Waals surface area contributed by atoms with E-state index in [9.17, 15) is 5.11 Å². The maximum atomic E-state index is 9.50. The molecule has 0 saturated carbocycles. The highest BCUT2D eigenvalue weighted by atomic mass is 16.3. The van der Waals surface area contributed by atoms with Gasteiger partial charge in [-0.25, -0.2) is 0 Å². The summed E-state index contributed by atoms with van der Waals surface area (Å²) in [5, 5.41) is 12.9. The number of hydrogen-bond acceptors (Lipinski definition) is 2. The minimum atomic E-state index is -0.532. The van der Waals surface area contributed by atoms with Crippen molar-refractivity contribution in [1.82, 2.24) is 5.32 Å². The molecule has 0 aromatic rings. The third kappa shape index (κ3) is 10.0. The lowest BCUT2D eigenvalue weighted by Crippen LogP contribution is -2.32. The number of nitrogens with one attached hydrogen (secondary N) is 1. The van der Waals surface area contributed by atoms with Crippen LogP contribution in [0.1, 0.15) is 59.8 Å². The van der Waals surface area contributed by atoms with E-state index in [-0.39, 0.29) is 0 Å². The third-order valence-corrected chi connectivity index (χ3v) is 2.47. The largest absolute Gasteiger partial charge is 0.390 e. The van der Waals surface area contributed by atoms with Gasteiger partial charge in [-0.15, -0.1) is 0 Å². The predicted molar refractivity (Wildman–Crippen MR) is 62.5 cm³/mol. The van der Waals surface area contributed by atoms with Crippen LogP contribution in [0.5, 0.6) is 0 Å². The topological polar surface area (TPSA) is 32.3 Å². The van der Waals surface area contributed by atoms with Crippen LogP contribution in [-0.2, 0) is 0 Å². The fraction of sp³-hybridized carbons (Fsp3) is 1.00. The second-order valence-corrected chi connectivity index (χ2v) is 4.91. The molecule has 0 fully saturated rings. The predicted octanol–water partition coefficient (Wildman–Crippen LogP) is 2.71. The first kappa shape index (κ1) is 13.9. The van der Waals surface area contributed by atoms with Crippen LogP contribution in [0.25, 0.3) is 0 Å². The van der Waals surface area contributed by atoms with E-state index in [1.165, 1.54) is 25.7 Å². The van der Waals surface area contributed by atoms with Gasteiger partial charge in [0, 0.05) is 6.04 Å². The highest BCUT2D eigenvalue weighted by Crippen LogP contribution is 2.07. The number of rotatable bonds is 8. The third-order valence-electron chi connectivity index (χ3n) is 2.47. The molecule has 0 amide bonds. The van der Waals surface area contributed by atoms with Gasteiger partial charge in [0.15, 0.2) is 0 Å². The Bertz CT molecular complexity index is 129. The molecule has 1 unspecified atom stereocenters. The lowest BCUT2D eigenvalue weighted by Gasteiger charge is -2.19. The van der Waals surface area contributed by atoms with Gasteiger partial charge in [-0.05, 0) is 40.2 Å². The van der Waals surface area contributed by atoms with Crippen LogP contribution < -0.4 is 5.32 Å². The summed E-state index contributed by atoms with van der Waals surface area (Å²) in [7, 11) is 0. The molecular weight excluding hydrogens is 174 g/mol. The van der Waals surface area contributed by atoms with Crippen molar-refractivity contribution in [2.24, 2.45) is 0 Å². The lowest BCUT2D eigenvalue weighted by molar-refractivity contribution is 0.0704. The average molecular weight is 201 g/mol. The summed E-state index contributed by atoms with van der Waals surface area (Å²) in [5.41, 5.74) is -0.532. The summed E-state index contributed by atoms with van der Waals surface area (Å²) in [4.78, 5) is 0. The molecule has 2 heteroatoms. The Morgan fingerprint density at radius 3 is 2.43 bits per heavy atom. The van der Waals surface area contributed by atoms with Crippen molar-refractivity contribution in [1.29, 1.82) is 0 Å². The summed E-state index contributed by atoms with van der Waals surface area (Å²) in [5.74, 6) is 0. The zero-order chi connectivity index (χ0) is 11.0. The molecule has 2 nitrogen and oxygen atoms in total. The Balaban J connectivity index is 3.31. The Hall–Kier alpha value is -0.0800. The first-order valence-corrected chi connectivity index (χ1v) is 5.91. The number of unbranched alkanes of at least 4 members (excludes halogenated alkanes) is 2. The standard InChI is InChI=1S/C12H27NO/c1-5-6-7-8-11(2)13-10-9-12(3,4)14/h11,13-14H,5-10H2,1-4H3. The minimum absolute atomic E-state index is 0.532. The van der Waals surface area contributed by atoms with E-state index in [4.69, 9.17) is 0 Å². The molecule has 2 N–H and O–H groups in total. The first-order chi connectivity index (χ1) is 6.45. The van der Waals surface area contributed by atoms with E-state index >= 15 is 0 Å². The van der Waals surface area contributed by atoms with E-state index in [0.29, 0.717) is 6.04 Å². The summed E-state index contributed by atoms with van der Waals surface area (Å²) in [6, 6.07) is 0.587. The van der Waals surface area contributed by atoms with Crippen LogP contribution in [0.3, 0.4) is 0 Å². The monoisotopic (exact) mass is 201 g/mol. The summed E-state index contributed by atoms with van der Waals surface area (Å²) < 4.78 is 0. The van der Waals surface area contributed by atoms with Crippen LogP contribution in [0.15, 0.2) is 0 Å². The van der Waals surface area contributed by atoms with Crippen molar-refractivity contribution >= 4 is 0 Å². The lowest BCUT2D eigenvalue weighted by atomic mass is 10.1. The van der Waals surface area contributed by atoms with Crippen LogP contribution in [0.4, 0.5) is 0 Å². The first-order valence-electron chi connectivity index (χ1n) is 5.91. The van der Waals surface area contributed by atoms with Crippen LogP contribution in [0, 0.1) is 0 Å². The highest BCUT2D eigenvalue weighted by molar-refractivity contribution is 4.68. The van der Waals surface area contributed by atoms with Gasteiger partial charge in [-0.2, -0.15) is 0 Å². The van der Waals surface area contributed by atoms with E-state index in [1.54, 1.807) is 0 Å². The van der Waals surface area contributed by atoms with Gasteiger partial charge in [-0.1, -0.05) is 26.2 Å².